The first-order valence-corrected chi connectivity index (χ1v) is 11.9. The summed E-state index contributed by atoms with van der Waals surface area (Å²) >= 11 is 0. The second-order valence-electron chi connectivity index (χ2n) is 9.17. The van der Waals surface area contributed by atoms with E-state index in [0.717, 1.165) is 54.0 Å². The Balaban J connectivity index is 1.47. The van der Waals surface area contributed by atoms with Crippen molar-refractivity contribution in [2.24, 2.45) is 7.05 Å². The maximum Gasteiger partial charge on any atom is 0.320 e. The molecule has 10 heteroatoms. The van der Waals surface area contributed by atoms with Gasteiger partial charge in [-0.2, -0.15) is 20.2 Å². The summed E-state index contributed by atoms with van der Waals surface area (Å²) in [6.45, 7) is 6.33. The minimum absolute atomic E-state index is 0.347. The first kappa shape index (κ1) is 23.3. The maximum absolute atomic E-state index is 6.03. The van der Waals surface area contributed by atoms with Gasteiger partial charge in [0.1, 0.15) is 5.82 Å². The molecule has 0 unspecified atom stereocenters. The van der Waals surface area contributed by atoms with Crippen LogP contribution in [0.25, 0.3) is 16.7 Å². The average Bonchev–Trinajstić information content (AvgIpc) is 3.41. The number of hydrogen-bond acceptors (Lipinski definition) is 8. The standard InChI is InChI=1S/C25H32N8O2/c1-18-21-13-19(16-30(2)3)5-6-22(21)29-33(18)24-14-23(32-8-11-34-12-9-32)27-25(28-24)35-10-7-20-15-26-31(4)17-20/h5-6,13-15,17H,7-12,16H2,1-4H3. The molecule has 0 radical (unpaired) electrons. The molecule has 0 spiro atoms. The number of hydrogen-bond donors (Lipinski definition) is 0. The van der Waals surface area contributed by atoms with E-state index >= 15 is 0 Å². The quantitative estimate of drug-likeness (QED) is 0.383. The van der Waals surface area contributed by atoms with E-state index in [9.17, 15) is 0 Å². The summed E-state index contributed by atoms with van der Waals surface area (Å²) in [5, 5.41) is 10.2. The lowest BCUT2D eigenvalue weighted by Gasteiger charge is -2.28. The monoisotopic (exact) mass is 476 g/mol. The Morgan fingerprint density at radius 1 is 1.06 bits per heavy atom. The highest BCUT2D eigenvalue weighted by Crippen LogP contribution is 2.25. The molecule has 1 aliphatic heterocycles. The van der Waals surface area contributed by atoms with Gasteiger partial charge in [-0.15, -0.1) is 0 Å². The zero-order valence-electron chi connectivity index (χ0n) is 20.8. The lowest BCUT2D eigenvalue weighted by molar-refractivity contribution is 0.122. The third-order valence-corrected chi connectivity index (χ3v) is 6.09. The van der Waals surface area contributed by atoms with Crippen molar-refractivity contribution in [1.82, 2.24) is 34.4 Å². The van der Waals surface area contributed by atoms with Crippen LogP contribution in [0.4, 0.5) is 5.82 Å². The highest BCUT2D eigenvalue weighted by molar-refractivity contribution is 5.82. The second kappa shape index (κ2) is 10.0. The number of anilines is 1. The van der Waals surface area contributed by atoms with Gasteiger partial charge in [0, 0.05) is 50.8 Å². The first-order valence-electron chi connectivity index (χ1n) is 11.9. The number of ether oxygens (including phenoxy) is 2. The highest BCUT2D eigenvalue weighted by Gasteiger charge is 2.19. The van der Waals surface area contributed by atoms with Crippen LogP contribution in [0.1, 0.15) is 16.8 Å². The van der Waals surface area contributed by atoms with E-state index in [4.69, 9.17) is 24.5 Å². The molecular formula is C25H32N8O2. The number of aryl methyl sites for hydroxylation is 2. The molecule has 0 amide bonds. The van der Waals surface area contributed by atoms with Crippen LogP contribution in [0.3, 0.4) is 0 Å². The molecule has 0 atom stereocenters. The Labute approximate surface area is 205 Å². The fraction of sp³-hybridized carbons (Fsp3) is 0.440. The molecule has 35 heavy (non-hydrogen) atoms. The fourth-order valence-corrected chi connectivity index (χ4v) is 4.33. The Morgan fingerprint density at radius 2 is 1.86 bits per heavy atom. The summed E-state index contributed by atoms with van der Waals surface area (Å²) in [5.74, 6) is 1.52. The normalized spacial score (nSPS) is 14.3. The molecule has 1 aliphatic rings. The molecule has 5 rings (SSSR count). The van der Waals surface area contributed by atoms with E-state index in [2.05, 4.69) is 54.1 Å². The van der Waals surface area contributed by atoms with Crippen molar-refractivity contribution in [2.75, 3.05) is 51.9 Å². The van der Waals surface area contributed by atoms with Gasteiger partial charge >= 0.3 is 6.01 Å². The first-order chi connectivity index (χ1) is 17.0. The molecular weight excluding hydrogens is 444 g/mol. The molecule has 0 aliphatic carbocycles. The van der Waals surface area contributed by atoms with Crippen LogP contribution < -0.4 is 9.64 Å². The van der Waals surface area contributed by atoms with Gasteiger partial charge in [0.05, 0.1) is 37.2 Å². The van der Waals surface area contributed by atoms with Crippen LogP contribution >= 0.6 is 0 Å². The number of nitrogens with zero attached hydrogens (tertiary/aromatic N) is 8. The van der Waals surface area contributed by atoms with Crippen molar-refractivity contribution in [3.05, 3.63) is 53.5 Å². The zero-order valence-corrected chi connectivity index (χ0v) is 20.8. The molecule has 10 nitrogen and oxygen atoms in total. The van der Waals surface area contributed by atoms with Crippen LogP contribution in [-0.4, -0.2) is 81.4 Å². The van der Waals surface area contributed by atoms with Gasteiger partial charge in [0.25, 0.3) is 0 Å². The van der Waals surface area contributed by atoms with Crippen LogP contribution in [0.2, 0.25) is 0 Å². The Morgan fingerprint density at radius 3 is 2.60 bits per heavy atom. The van der Waals surface area contributed by atoms with Crippen LogP contribution in [0.5, 0.6) is 6.01 Å². The molecule has 0 saturated carbocycles. The summed E-state index contributed by atoms with van der Waals surface area (Å²) in [6, 6.07) is 8.75. The minimum Gasteiger partial charge on any atom is -0.463 e. The van der Waals surface area contributed by atoms with E-state index in [1.165, 1.54) is 5.56 Å². The molecule has 1 fully saturated rings. The summed E-state index contributed by atoms with van der Waals surface area (Å²) < 4.78 is 15.2. The zero-order chi connectivity index (χ0) is 24.4. The highest BCUT2D eigenvalue weighted by atomic mass is 16.5. The van der Waals surface area contributed by atoms with Gasteiger partial charge < -0.3 is 19.3 Å². The predicted molar refractivity (Wildman–Crippen MR) is 134 cm³/mol. The molecule has 3 aromatic heterocycles. The Hall–Kier alpha value is -3.50. The van der Waals surface area contributed by atoms with Crippen molar-refractivity contribution < 1.29 is 9.47 Å². The molecule has 4 aromatic rings. The molecule has 1 aromatic carbocycles. The maximum atomic E-state index is 6.03. The number of benzene rings is 1. The molecule has 1 saturated heterocycles. The minimum atomic E-state index is 0.347. The van der Waals surface area contributed by atoms with Crippen molar-refractivity contribution >= 4 is 16.7 Å². The lowest BCUT2D eigenvalue weighted by Crippen LogP contribution is -2.37. The molecule has 0 N–H and O–H groups in total. The third-order valence-electron chi connectivity index (χ3n) is 6.09. The topological polar surface area (TPSA) is 86.4 Å². The largest absolute Gasteiger partial charge is 0.463 e. The number of rotatable bonds is 8. The van der Waals surface area contributed by atoms with Crippen molar-refractivity contribution in [3.8, 4) is 11.8 Å². The van der Waals surface area contributed by atoms with Gasteiger partial charge in [-0.25, -0.2) is 4.68 Å². The van der Waals surface area contributed by atoms with E-state index in [1.807, 2.05) is 30.2 Å². The third kappa shape index (κ3) is 5.28. The Kier molecular flexibility index (Phi) is 6.65. The number of morpholine rings is 1. The van der Waals surface area contributed by atoms with E-state index < -0.39 is 0 Å². The van der Waals surface area contributed by atoms with E-state index in [1.54, 1.807) is 4.68 Å². The smallest absolute Gasteiger partial charge is 0.320 e. The van der Waals surface area contributed by atoms with Crippen molar-refractivity contribution in [3.63, 3.8) is 0 Å². The summed E-state index contributed by atoms with van der Waals surface area (Å²) in [5.41, 5.74) is 4.34. The van der Waals surface area contributed by atoms with E-state index in [-0.39, 0.29) is 0 Å². The SMILES string of the molecule is Cc1c2cc(CN(C)C)ccc2nn1-c1cc(N2CCOCC2)nc(OCCc2cnn(C)c2)n1. The van der Waals surface area contributed by atoms with Gasteiger partial charge in [0.2, 0.25) is 0 Å². The lowest BCUT2D eigenvalue weighted by atomic mass is 10.1. The second-order valence-corrected chi connectivity index (χ2v) is 9.17. The van der Waals surface area contributed by atoms with Crippen LogP contribution in [0.15, 0.2) is 36.7 Å². The van der Waals surface area contributed by atoms with E-state index in [0.29, 0.717) is 31.6 Å². The number of fused-ring (bicyclic) bond motifs is 1. The fourth-order valence-electron chi connectivity index (χ4n) is 4.33. The molecule has 184 valence electrons. The van der Waals surface area contributed by atoms with Gasteiger partial charge in [-0.05, 0) is 44.3 Å². The summed E-state index contributed by atoms with van der Waals surface area (Å²) in [6.07, 6.45) is 4.57. The summed E-state index contributed by atoms with van der Waals surface area (Å²) in [7, 11) is 6.06. The molecule has 4 heterocycles. The van der Waals surface area contributed by atoms with Crippen LogP contribution in [0, 0.1) is 6.92 Å². The number of aromatic nitrogens is 6. The van der Waals surface area contributed by atoms with Gasteiger partial charge in [-0.3, -0.25) is 4.68 Å². The van der Waals surface area contributed by atoms with Crippen molar-refractivity contribution in [2.45, 2.75) is 19.9 Å². The molecule has 0 bridgehead atoms. The predicted octanol–water partition coefficient (Wildman–Crippen LogP) is 2.38. The van der Waals surface area contributed by atoms with Crippen LogP contribution in [-0.2, 0) is 24.8 Å². The summed E-state index contributed by atoms with van der Waals surface area (Å²) in [4.78, 5) is 13.8. The van der Waals surface area contributed by atoms with Gasteiger partial charge in [-0.1, -0.05) is 6.07 Å². The van der Waals surface area contributed by atoms with Crippen molar-refractivity contribution in [1.29, 1.82) is 0 Å². The average molecular weight is 477 g/mol. The van der Waals surface area contributed by atoms with Gasteiger partial charge in [0.15, 0.2) is 5.82 Å². The Bertz CT molecular complexity index is 1310.